The van der Waals surface area contributed by atoms with Crippen LogP contribution in [0.15, 0.2) is 6.07 Å². The normalized spacial score (nSPS) is 20.6. The van der Waals surface area contributed by atoms with Crippen LogP contribution in [-0.2, 0) is 0 Å². The SMILES string of the molecule is Nc1cc(F)c(-c2nc(NC3CC(F)(F)C3)nc(NC3CC(F)(F)C3)n2)nc1Cl. The van der Waals surface area contributed by atoms with Crippen molar-refractivity contribution in [3.63, 3.8) is 0 Å². The minimum absolute atomic E-state index is 0.0907. The Morgan fingerprint density at radius 2 is 1.38 bits per heavy atom. The summed E-state index contributed by atoms with van der Waals surface area (Å²) in [5.41, 5.74) is 5.08. The lowest BCUT2D eigenvalue weighted by atomic mass is 9.88. The molecule has 0 saturated heterocycles. The molecular weight excluding hydrogens is 421 g/mol. The van der Waals surface area contributed by atoms with Gasteiger partial charge in [-0.05, 0) is 0 Å². The molecule has 0 aliphatic heterocycles. The molecule has 2 fully saturated rings. The first-order chi connectivity index (χ1) is 13.5. The highest BCUT2D eigenvalue weighted by Crippen LogP contribution is 2.40. The zero-order chi connectivity index (χ0) is 21.0. The van der Waals surface area contributed by atoms with Crippen LogP contribution in [0.3, 0.4) is 0 Å². The summed E-state index contributed by atoms with van der Waals surface area (Å²) < 4.78 is 66.7. The lowest BCUT2D eigenvalue weighted by Crippen LogP contribution is -2.45. The van der Waals surface area contributed by atoms with E-state index in [0.29, 0.717) is 0 Å². The van der Waals surface area contributed by atoms with Crippen LogP contribution in [0.25, 0.3) is 11.5 Å². The van der Waals surface area contributed by atoms with E-state index in [-0.39, 0.29) is 34.3 Å². The van der Waals surface area contributed by atoms with E-state index in [9.17, 15) is 22.0 Å². The number of nitrogens with two attached hydrogens (primary N) is 1. The number of anilines is 3. The number of nitrogens with one attached hydrogen (secondary N) is 2. The molecule has 7 nitrogen and oxygen atoms in total. The Balaban J connectivity index is 1.63. The van der Waals surface area contributed by atoms with E-state index < -0.39 is 55.4 Å². The minimum Gasteiger partial charge on any atom is -0.396 e. The molecule has 2 heterocycles. The van der Waals surface area contributed by atoms with Crippen LogP contribution in [0.1, 0.15) is 25.7 Å². The summed E-state index contributed by atoms with van der Waals surface area (Å²) in [4.78, 5) is 15.9. The zero-order valence-corrected chi connectivity index (χ0v) is 15.5. The smallest absolute Gasteiger partial charge is 0.252 e. The van der Waals surface area contributed by atoms with Crippen molar-refractivity contribution >= 4 is 29.2 Å². The number of nitrogens with zero attached hydrogens (tertiary/aromatic N) is 4. The maximum atomic E-state index is 14.3. The highest BCUT2D eigenvalue weighted by molar-refractivity contribution is 6.31. The van der Waals surface area contributed by atoms with E-state index >= 15 is 0 Å². The van der Waals surface area contributed by atoms with Crippen molar-refractivity contribution in [3.8, 4) is 11.5 Å². The molecule has 0 bridgehead atoms. The van der Waals surface area contributed by atoms with Gasteiger partial charge in [0.05, 0.1) is 5.69 Å². The first-order valence-electron chi connectivity index (χ1n) is 8.66. The van der Waals surface area contributed by atoms with Crippen molar-refractivity contribution in [2.45, 2.75) is 49.6 Å². The Kier molecular flexibility index (Phi) is 4.63. The third kappa shape index (κ3) is 4.26. The van der Waals surface area contributed by atoms with Crippen LogP contribution in [0.4, 0.5) is 39.5 Å². The van der Waals surface area contributed by atoms with Gasteiger partial charge in [-0.15, -0.1) is 0 Å². The van der Waals surface area contributed by atoms with E-state index in [1.807, 2.05) is 0 Å². The number of alkyl halides is 4. The summed E-state index contributed by atoms with van der Waals surface area (Å²) in [5.74, 6) is -6.88. The van der Waals surface area contributed by atoms with Gasteiger partial charge < -0.3 is 16.4 Å². The number of rotatable bonds is 5. The summed E-state index contributed by atoms with van der Waals surface area (Å²) in [6, 6.07) is -0.240. The molecule has 2 aromatic rings. The molecule has 29 heavy (non-hydrogen) atoms. The van der Waals surface area contributed by atoms with Gasteiger partial charge in [0.2, 0.25) is 11.9 Å². The Morgan fingerprint density at radius 1 is 0.897 bits per heavy atom. The lowest BCUT2D eigenvalue weighted by molar-refractivity contribution is -0.0799. The van der Waals surface area contributed by atoms with Crippen LogP contribution in [0.5, 0.6) is 0 Å². The molecule has 0 aromatic carbocycles. The molecule has 2 saturated carbocycles. The number of halogens is 6. The fourth-order valence-electron chi connectivity index (χ4n) is 3.14. The first-order valence-corrected chi connectivity index (χ1v) is 9.04. The quantitative estimate of drug-likeness (QED) is 0.486. The molecule has 156 valence electrons. The number of hydrogen-bond acceptors (Lipinski definition) is 7. The second kappa shape index (κ2) is 6.78. The predicted molar refractivity (Wildman–Crippen MR) is 95.6 cm³/mol. The third-order valence-corrected chi connectivity index (χ3v) is 4.95. The molecule has 2 aliphatic carbocycles. The van der Waals surface area contributed by atoms with Crippen LogP contribution >= 0.6 is 11.6 Å². The van der Waals surface area contributed by atoms with E-state index in [4.69, 9.17) is 17.3 Å². The van der Waals surface area contributed by atoms with Crippen molar-refractivity contribution in [1.29, 1.82) is 0 Å². The molecule has 0 amide bonds. The zero-order valence-electron chi connectivity index (χ0n) is 14.7. The van der Waals surface area contributed by atoms with Gasteiger partial charge in [-0.3, -0.25) is 0 Å². The van der Waals surface area contributed by atoms with E-state index in [2.05, 4.69) is 30.6 Å². The van der Waals surface area contributed by atoms with Gasteiger partial charge in [-0.25, -0.2) is 26.9 Å². The van der Waals surface area contributed by atoms with Gasteiger partial charge in [0, 0.05) is 43.8 Å². The summed E-state index contributed by atoms with van der Waals surface area (Å²) in [6.45, 7) is 0. The minimum atomic E-state index is -2.77. The molecule has 0 radical (unpaired) electrons. The Bertz CT molecular complexity index is 897. The first kappa shape index (κ1) is 19.8. The number of aromatic nitrogens is 4. The molecule has 2 aliphatic rings. The second-order valence-corrected chi connectivity index (χ2v) is 7.57. The van der Waals surface area contributed by atoms with Crippen molar-refractivity contribution < 1.29 is 22.0 Å². The Hall–Kier alpha value is -2.50. The van der Waals surface area contributed by atoms with E-state index in [1.165, 1.54) is 0 Å². The van der Waals surface area contributed by atoms with Crippen molar-refractivity contribution in [1.82, 2.24) is 19.9 Å². The topological polar surface area (TPSA) is 102 Å². The summed E-state index contributed by atoms with van der Waals surface area (Å²) >= 11 is 5.84. The highest BCUT2D eigenvalue weighted by atomic mass is 35.5. The van der Waals surface area contributed by atoms with Crippen LogP contribution in [0.2, 0.25) is 5.15 Å². The largest absolute Gasteiger partial charge is 0.396 e. The average Bonchev–Trinajstić information content (AvgIpc) is 2.54. The molecule has 13 heteroatoms. The highest BCUT2D eigenvalue weighted by Gasteiger charge is 2.46. The van der Waals surface area contributed by atoms with E-state index in [1.54, 1.807) is 0 Å². The van der Waals surface area contributed by atoms with Crippen molar-refractivity contribution in [3.05, 3.63) is 17.0 Å². The fraction of sp³-hybridized carbons (Fsp3) is 0.500. The Morgan fingerprint density at radius 3 is 1.83 bits per heavy atom. The summed E-state index contributed by atoms with van der Waals surface area (Å²) in [5, 5.41) is 5.26. The van der Waals surface area contributed by atoms with Crippen LogP contribution in [0, 0.1) is 5.82 Å². The van der Waals surface area contributed by atoms with Crippen LogP contribution < -0.4 is 16.4 Å². The van der Waals surface area contributed by atoms with Gasteiger partial charge >= 0.3 is 0 Å². The maximum Gasteiger partial charge on any atom is 0.252 e. The van der Waals surface area contributed by atoms with Gasteiger partial charge in [0.1, 0.15) is 5.69 Å². The third-order valence-electron chi connectivity index (χ3n) is 4.65. The molecule has 0 spiro atoms. The standard InChI is InChI=1S/C16H15ClF5N7/c17-11-9(23)1-8(18)10(26-11)12-27-13(24-6-2-15(19,20)3-6)29-14(28-12)25-7-4-16(21,22)5-7/h1,6-7H,2-5,23H2,(H2,24,25,27,28,29). The van der Waals surface area contributed by atoms with E-state index in [0.717, 1.165) is 6.07 Å². The number of nitrogen functional groups attached to an aromatic ring is 1. The van der Waals surface area contributed by atoms with Gasteiger partial charge in [0.15, 0.2) is 16.8 Å². The molecule has 2 aromatic heterocycles. The summed E-state index contributed by atoms with van der Waals surface area (Å²) in [7, 11) is 0. The van der Waals surface area contributed by atoms with Crippen molar-refractivity contribution in [2.24, 2.45) is 0 Å². The van der Waals surface area contributed by atoms with Gasteiger partial charge in [0.25, 0.3) is 11.8 Å². The molecule has 4 N–H and O–H groups in total. The Labute approximate surface area is 166 Å². The van der Waals surface area contributed by atoms with Gasteiger partial charge in [-0.1, -0.05) is 11.6 Å². The summed E-state index contributed by atoms with van der Waals surface area (Å²) in [6.07, 6.45) is -1.64. The average molecular weight is 436 g/mol. The fourth-order valence-corrected chi connectivity index (χ4v) is 3.28. The molecule has 0 unspecified atom stereocenters. The predicted octanol–water partition coefficient (Wildman–Crippen LogP) is 3.73. The number of hydrogen-bond donors (Lipinski definition) is 3. The molecule has 4 rings (SSSR count). The lowest BCUT2D eigenvalue weighted by Gasteiger charge is -2.36. The van der Waals surface area contributed by atoms with Crippen LogP contribution in [-0.4, -0.2) is 43.9 Å². The molecule has 0 atom stereocenters. The second-order valence-electron chi connectivity index (χ2n) is 7.22. The van der Waals surface area contributed by atoms with Gasteiger partial charge in [-0.2, -0.15) is 15.0 Å². The monoisotopic (exact) mass is 435 g/mol. The van der Waals surface area contributed by atoms with Crippen molar-refractivity contribution in [2.75, 3.05) is 16.4 Å². The maximum absolute atomic E-state index is 14.3. The number of pyridine rings is 1. The molecular formula is C16H15ClF5N7.